The van der Waals surface area contributed by atoms with Gasteiger partial charge in [-0.25, -0.2) is 0 Å². The number of alkyl halides is 3. The van der Waals surface area contributed by atoms with Gasteiger partial charge in [0, 0.05) is 17.3 Å². The molecule has 0 aliphatic heterocycles. The molecule has 2 aromatic carbocycles. The summed E-state index contributed by atoms with van der Waals surface area (Å²) in [6.45, 7) is 4.71. The number of thioether (sulfide) groups is 1. The Morgan fingerprint density at radius 2 is 1.93 bits per heavy atom. The van der Waals surface area contributed by atoms with E-state index in [9.17, 15) is 13.2 Å². The van der Waals surface area contributed by atoms with Crippen LogP contribution in [-0.2, 0) is 25.1 Å². The predicted molar refractivity (Wildman–Crippen MR) is 107 cm³/mol. The van der Waals surface area contributed by atoms with Gasteiger partial charge in [0.2, 0.25) is 0 Å². The van der Waals surface area contributed by atoms with E-state index in [1.807, 2.05) is 24.5 Å². The summed E-state index contributed by atoms with van der Waals surface area (Å²) in [4.78, 5) is 0. The standard InChI is InChI=1S/C20H19ClF3N3OS/c1-3-27-18(11-28-17-8-7-16(21)9-13(17)2)25-26-19(27)29-12-14-5-4-6-15(10-14)20(22,23)24/h4-10H,3,11-12H2,1-2H3. The van der Waals surface area contributed by atoms with Crippen molar-refractivity contribution >= 4 is 23.4 Å². The van der Waals surface area contributed by atoms with E-state index in [4.69, 9.17) is 16.3 Å². The maximum atomic E-state index is 12.9. The molecule has 0 aliphatic carbocycles. The van der Waals surface area contributed by atoms with Gasteiger partial charge in [-0.2, -0.15) is 13.2 Å². The Hall–Kier alpha value is -2.19. The second kappa shape index (κ2) is 9.09. The van der Waals surface area contributed by atoms with E-state index in [-0.39, 0.29) is 6.61 Å². The van der Waals surface area contributed by atoms with Crippen LogP contribution in [0.4, 0.5) is 13.2 Å². The highest BCUT2D eigenvalue weighted by Gasteiger charge is 2.30. The van der Waals surface area contributed by atoms with Crippen molar-refractivity contribution in [1.82, 2.24) is 14.8 Å². The first-order chi connectivity index (χ1) is 13.8. The highest BCUT2D eigenvalue weighted by Crippen LogP contribution is 2.31. The lowest BCUT2D eigenvalue weighted by atomic mass is 10.1. The number of aromatic nitrogens is 3. The summed E-state index contributed by atoms with van der Waals surface area (Å²) in [7, 11) is 0. The van der Waals surface area contributed by atoms with Gasteiger partial charge in [0.1, 0.15) is 12.4 Å². The maximum absolute atomic E-state index is 12.9. The number of hydrogen-bond donors (Lipinski definition) is 0. The number of nitrogens with zero attached hydrogens (tertiary/aromatic N) is 3. The molecule has 0 spiro atoms. The fourth-order valence-corrected chi connectivity index (χ4v) is 3.94. The van der Waals surface area contributed by atoms with E-state index in [1.165, 1.54) is 17.8 Å². The molecule has 0 unspecified atom stereocenters. The first-order valence-corrected chi connectivity index (χ1v) is 10.2. The molecule has 0 radical (unpaired) electrons. The molecule has 0 atom stereocenters. The van der Waals surface area contributed by atoms with Crippen LogP contribution in [0.2, 0.25) is 5.02 Å². The summed E-state index contributed by atoms with van der Waals surface area (Å²) in [6.07, 6.45) is -4.35. The van der Waals surface area contributed by atoms with Crippen LogP contribution in [-0.4, -0.2) is 14.8 Å². The van der Waals surface area contributed by atoms with Crippen molar-refractivity contribution in [3.05, 3.63) is 70.0 Å². The quantitative estimate of drug-likeness (QED) is 0.412. The van der Waals surface area contributed by atoms with E-state index in [1.54, 1.807) is 18.2 Å². The molecule has 154 valence electrons. The van der Waals surface area contributed by atoms with Gasteiger partial charge in [-0.15, -0.1) is 10.2 Å². The number of aryl methyl sites for hydroxylation is 1. The zero-order chi connectivity index (χ0) is 21.0. The third-order valence-electron chi connectivity index (χ3n) is 4.23. The molecule has 29 heavy (non-hydrogen) atoms. The number of benzene rings is 2. The van der Waals surface area contributed by atoms with Gasteiger partial charge in [-0.3, -0.25) is 0 Å². The summed E-state index contributed by atoms with van der Waals surface area (Å²) in [6, 6.07) is 10.7. The molecule has 0 saturated carbocycles. The molecular weight excluding hydrogens is 423 g/mol. The molecule has 3 rings (SSSR count). The Morgan fingerprint density at radius 1 is 1.14 bits per heavy atom. The molecule has 9 heteroatoms. The van der Waals surface area contributed by atoms with E-state index in [2.05, 4.69) is 10.2 Å². The number of rotatable bonds is 7. The number of hydrogen-bond acceptors (Lipinski definition) is 4. The van der Waals surface area contributed by atoms with E-state index in [0.717, 1.165) is 17.7 Å². The lowest BCUT2D eigenvalue weighted by molar-refractivity contribution is -0.137. The molecule has 0 aliphatic rings. The van der Waals surface area contributed by atoms with Crippen LogP contribution in [0, 0.1) is 6.92 Å². The Balaban J connectivity index is 1.68. The maximum Gasteiger partial charge on any atom is 0.416 e. The molecule has 0 amide bonds. The highest BCUT2D eigenvalue weighted by molar-refractivity contribution is 7.98. The minimum absolute atomic E-state index is 0.230. The molecule has 1 heterocycles. The van der Waals surface area contributed by atoms with Gasteiger partial charge < -0.3 is 9.30 Å². The SMILES string of the molecule is CCn1c(COc2ccc(Cl)cc2C)nnc1SCc1cccc(C(F)(F)F)c1. The average Bonchev–Trinajstić information content (AvgIpc) is 3.07. The lowest BCUT2D eigenvalue weighted by Gasteiger charge is -2.11. The van der Waals surface area contributed by atoms with E-state index in [0.29, 0.717) is 39.6 Å². The van der Waals surface area contributed by atoms with E-state index >= 15 is 0 Å². The highest BCUT2D eigenvalue weighted by atomic mass is 35.5. The molecule has 0 N–H and O–H groups in total. The van der Waals surface area contributed by atoms with Crippen molar-refractivity contribution < 1.29 is 17.9 Å². The molecule has 0 saturated heterocycles. The number of halogens is 4. The summed E-state index contributed by atoms with van der Waals surface area (Å²) in [5, 5.41) is 9.63. The summed E-state index contributed by atoms with van der Waals surface area (Å²) < 4.78 is 46.3. The summed E-state index contributed by atoms with van der Waals surface area (Å²) >= 11 is 7.30. The third-order valence-corrected chi connectivity index (χ3v) is 5.50. The van der Waals surface area contributed by atoms with Crippen molar-refractivity contribution in [3.63, 3.8) is 0 Å². The smallest absolute Gasteiger partial charge is 0.416 e. The van der Waals surface area contributed by atoms with Crippen LogP contribution in [0.25, 0.3) is 0 Å². The van der Waals surface area contributed by atoms with Crippen molar-refractivity contribution in [2.45, 2.75) is 44.1 Å². The minimum Gasteiger partial charge on any atom is -0.485 e. The average molecular weight is 442 g/mol. The molecule has 0 bridgehead atoms. The van der Waals surface area contributed by atoms with Gasteiger partial charge in [0.05, 0.1) is 5.56 Å². The fraction of sp³-hybridized carbons (Fsp3) is 0.300. The molecule has 3 aromatic rings. The van der Waals surface area contributed by atoms with Crippen molar-refractivity contribution in [2.24, 2.45) is 0 Å². The van der Waals surface area contributed by atoms with Gasteiger partial charge in [-0.05, 0) is 49.2 Å². The monoisotopic (exact) mass is 441 g/mol. The Morgan fingerprint density at radius 3 is 2.62 bits per heavy atom. The van der Waals surface area contributed by atoms with Crippen molar-refractivity contribution in [1.29, 1.82) is 0 Å². The summed E-state index contributed by atoms with van der Waals surface area (Å²) in [5.41, 5.74) is 0.837. The predicted octanol–water partition coefficient (Wildman–Crippen LogP) is 6.15. The van der Waals surface area contributed by atoms with Crippen LogP contribution in [0.5, 0.6) is 5.75 Å². The summed E-state index contributed by atoms with van der Waals surface area (Å²) in [5.74, 6) is 1.71. The van der Waals surface area contributed by atoms with Crippen LogP contribution in [0.1, 0.15) is 29.4 Å². The van der Waals surface area contributed by atoms with Crippen molar-refractivity contribution in [3.8, 4) is 5.75 Å². The topological polar surface area (TPSA) is 39.9 Å². The van der Waals surface area contributed by atoms with Gasteiger partial charge in [0.25, 0.3) is 0 Å². The molecular formula is C20H19ClF3N3OS. The Labute approximate surface area is 176 Å². The molecule has 4 nitrogen and oxygen atoms in total. The van der Waals surface area contributed by atoms with Gasteiger partial charge in [0.15, 0.2) is 11.0 Å². The van der Waals surface area contributed by atoms with Crippen LogP contribution in [0.15, 0.2) is 47.6 Å². The minimum atomic E-state index is -4.35. The van der Waals surface area contributed by atoms with Gasteiger partial charge >= 0.3 is 6.18 Å². The molecule has 1 aromatic heterocycles. The first kappa shape index (κ1) is 21.5. The first-order valence-electron chi connectivity index (χ1n) is 8.88. The zero-order valence-electron chi connectivity index (χ0n) is 15.8. The normalized spacial score (nSPS) is 11.7. The third kappa shape index (κ3) is 5.45. The second-order valence-electron chi connectivity index (χ2n) is 6.33. The molecule has 0 fully saturated rings. The van der Waals surface area contributed by atoms with Crippen molar-refractivity contribution in [2.75, 3.05) is 0 Å². The van der Waals surface area contributed by atoms with Crippen LogP contribution in [0.3, 0.4) is 0 Å². The lowest BCUT2D eigenvalue weighted by Crippen LogP contribution is -2.07. The zero-order valence-corrected chi connectivity index (χ0v) is 17.4. The number of ether oxygens (including phenoxy) is 1. The largest absolute Gasteiger partial charge is 0.485 e. The fourth-order valence-electron chi connectivity index (χ4n) is 2.75. The Bertz CT molecular complexity index is 991. The van der Waals surface area contributed by atoms with Crippen LogP contribution < -0.4 is 4.74 Å². The van der Waals surface area contributed by atoms with Gasteiger partial charge in [-0.1, -0.05) is 41.6 Å². The Kier molecular flexibility index (Phi) is 6.74. The van der Waals surface area contributed by atoms with Crippen LogP contribution >= 0.6 is 23.4 Å². The van der Waals surface area contributed by atoms with E-state index < -0.39 is 11.7 Å². The second-order valence-corrected chi connectivity index (χ2v) is 7.71.